The van der Waals surface area contributed by atoms with E-state index in [2.05, 4.69) is 0 Å². The average molecular weight is 585 g/mol. The van der Waals surface area contributed by atoms with Gasteiger partial charge in [-0.25, -0.2) is 4.79 Å². The standard InChI is InChI=1S/C32H40O10/c1-8-16(2)41-27(36)24-29(3,4)23(22(34)26(35)39-7)31(6)19-9-11-30(5)20(18(19)14-32(24,38)28(31)37)13-21(33)42-25(30)17-10-12-40-15-17/h8,10,12,14-15,19-20,22-25,34,38H,9,11,13H2,1-7H3/b16-8+/t19-,20-,22+,23-,24-,25-,30+,31+,32+/m0/s1. The van der Waals surface area contributed by atoms with E-state index in [4.69, 9.17) is 18.6 Å². The van der Waals surface area contributed by atoms with Gasteiger partial charge in [0.25, 0.3) is 0 Å². The van der Waals surface area contributed by atoms with Crippen molar-refractivity contribution >= 4 is 23.7 Å². The van der Waals surface area contributed by atoms with Crippen LogP contribution in [-0.2, 0) is 33.4 Å². The highest BCUT2D eigenvalue weighted by Gasteiger charge is 2.75. The fourth-order valence-corrected chi connectivity index (χ4v) is 9.04. The van der Waals surface area contributed by atoms with Crippen LogP contribution in [0, 0.1) is 39.9 Å². The van der Waals surface area contributed by atoms with Gasteiger partial charge in [0, 0.05) is 22.3 Å². The molecule has 228 valence electrons. The van der Waals surface area contributed by atoms with Gasteiger partial charge in [-0.05, 0) is 62.2 Å². The van der Waals surface area contributed by atoms with Gasteiger partial charge in [0.1, 0.15) is 17.8 Å². The third kappa shape index (κ3) is 3.97. The molecule has 0 amide bonds. The minimum atomic E-state index is -2.33. The number of aliphatic hydroxyl groups excluding tert-OH is 1. The summed E-state index contributed by atoms with van der Waals surface area (Å²) in [5.41, 5.74) is -4.40. The number of carbonyl (C=O) groups is 4. The number of carbonyl (C=O) groups excluding carboxylic acids is 4. The summed E-state index contributed by atoms with van der Waals surface area (Å²) in [4.78, 5) is 54.3. The highest BCUT2D eigenvalue weighted by atomic mass is 16.6. The van der Waals surface area contributed by atoms with Crippen molar-refractivity contribution in [2.45, 2.75) is 78.6 Å². The van der Waals surface area contributed by atoms with E-state index in [1.165, 1.54) is 12.3 Å². The van der Waals surface area contributed by atoms with E-state index in [1.54, 1.807) is 53.0 Å². The third-order valence-electron chi connectivity index (χ3n) is 10.9. The lowest BCUT2D eigenvalue weighted by molar-refractivity contribution is -0.220. The lowest BCUT2D eigenvalue weighted by Crippen LogP contribution is -2.74. The second-order valence-electron chi connectivity index (χ2n) is 13.4. The maximum absolute atomic E-state index is 14.6. The lowest BCUT2D eigenvalue weighted by Gasteiger charge is -2.66. The molecule has 10 heteroatoms. The number of esters is 3. The van der Waals surface area contributed by atoms with Gasteiger partial charge in [-0.1, -0.05) is 33.3 Å². The zero-order chi connectivity index (χ0) is 31.0. The van der Waals surface area contributed by atoms with Gasteiger partial charge in [-0.3, -0.25) is 14.4 Å². The Balaban J connectivity index is 1.75. The Labute approximate surface area is 245 Å². The van der Waals surface area contributed by atoms with Crippen molar-refractivity contribution in [2.75, 3.05) is 7.11 Å². The summed E-state index contributed by atoms with van der Waals surface area (Å²) in [7, 11) is 1.14. The van der Waals surface area contributed by atoms with Gasteiger partial charge in [0.05, 0.1) is 26.1 Å². The number of hydrogen-bond acceptors (Lipinski definition) is 10. The minimum absolute atomic E-state index is 0.00788. The van der Waals surface area contributed by atoms with E-state index in [-0.39, 0.29) is 12.2 Å². The molecule has 2 heterocycles. The highest BCUT2D eigenvalue weighted by molar-refractivity contribution is 6.02. The number of Topliss-reactive ketones (excluding diaryl/α,β-unsaturated/α-hetero) is 1. The third-order valence-corrected chi connectivity index (χ3v) is 10.9. The van der Waals surface area contributed by atoms with Crippen LogP contribution in [0.4, 0.5) is 0 Å². The molecule has 0 spiro atoms. The van der Waals surface area contributed by atoms with Crippen molar-refractivity contribution in [3.05, 3.63) is 47.6 Å². The van der Waals surface area contributed by atoms with Crippen LogP contribution in [0.15, 0.2) is 46.5 Å². The number of furan rings is 1. The average Bonchev–Trinajstić information content (AvgIpc) is 3.45. The van der Waals surface area contributed by atoms with E-state index in [0.29, 0.717) is 24.0 Å². The molecule has 0 unspecified atom stereocenters. The Kier molecular flexibility index (Phi) is 7.13. The minimum Gasteiger partial charge on any atom is -0.472 e. The molecule has 1 aliphatic heterocycles. The number of ketones is 1. The smallest absolute Gasteiger partial charge is 0.335 e. The van der Waals surface area contributed by atoms with Crippen molar-refractivity contribution in [2.24, 2.45) is 39.9 Å². The van der Waals surface area contributed by atoms with Crippen molar-refractivity contribution in [1.29, 1.82) is 0 Å². The van der Waals surface area contributed by atoms with Crippen molar-refractivity contribution < 1.29 is 48.0 Å². The molecule has 2 N–H and O–H groups in total. The topological polar surface area (TPSA) is 150 Å². The van der Waals surface area contributed by atoms with Crippen LogP contribution in [0.25, 0.3) is 0 Å². The van der Waals surface area contributed by atoms with Gasteiger partial charge in [-0.15, -0.1) is 0 Å². The first kappa shape index (κ1) is 30.2. The van der Waals surface area contributed by atoms with Crippen molar-refractivity contribution in [3.63, 3.8) is 0 Å². The van der Waals surface area contributed by atoms with Crippen LogP contribution in [0.3, 0.4) is 0 Å². The molecule has 1 aromatic rings. The molecule has 3 aliphatic carbocycles. The van der Waals surface area contributed by atoms with E-state index >= 15 is 0 Å². The number of methoxy groups -OCH3 is 1. The summed E-state index contributed by atoms with van der Waals surface area (Å²) in [6.45, 7) is 10.3. The number of cyclic esters (lactones) is 1. The van der Waals surface area contributed by atoms with Crippen LogP contribution in [0.1, 0.15) is 72.5 Å². The molecule has 5 rings (SSSR count). The van der Waals surface area contributed by atoms with E-state index in [1.807, 2.05) is 6.92 Å². The first-order chi connectivity index (χ1) is 19.6. The Bertz CT molecular complexity index is 1370. The maximum Gasteiger partial charge on any atom is 0.335 e. The largest absolute Gasteiger partial charge is 0.472 e. The number of aliphatic hydroxyl groups is 2. The molecular formula is C32H40O10. The SMILES string of the molecule is C/C=C(\C)OC(=O)[C@H]1C(C)(C)[C@H]([C@@H](O)C(=O)OC)[C@]2(C)C(=O)[C@@]1(O)C=C1[C@@H]3CC(=O)O[C@@H](c4ccoc4)[C@]3(C)CC[C@@H]12. The van der Waals surface area contributed by atoms with Crippen LogP contribution in [-0.4, -0.2) is 52.7 Å². The number of hydrogen-bond donors (Lipinski definition) is 2. The Morgan fingerprint density at radius 1 is 1.17 bits per heavy atom. The molecule has 10 nitrogen and oxygen atoms in total. The van der Waals surface area contributed by atoms with E-state index < -0.39 is 81.4 Å². The maximum atomic E-state index is 14.6. The summed E-state index contributed by atoms with van der Waals surface area (Å²) in [6.07, 6.45) is 4.73. The summed E-state index contributed by atoms with van der Waals surface area (Å²) < 4.78 is 21.7. The summed E-state index contributed by atoms with van der Waals surface area (Å²) >= 11 is 0. The zero-order valence-corrected chi connectivity index (χ0v) is 25.1. The monoisotopic (exact) mass is 584 g/mol. The molecular weight excluding hydrogens is 544 g/mol. The zero-order valence-electron chi connectivity index (χ0n) is 25.1. The fourth-order valence-electron chi connectivity index (χ4n) is 9.04. The normalized spacial score (nSPS) is 39.7. The number of fused-ring (bicyclic) bond motifs is 6. The van der Waals surface area contributed by atoms with Crippen LogP contribution in [0.5, 0.6) is 0 Å². The molecule has 0 radical (unpaired) electrons. The summed E-state index contributed by atoms with van der Waals surface area (Å²) in [5.74, 6) is -6.22. The quantitative estimate of drug-likeness (QED) is 0.226. The molecule has 2 bridgehead atoms. The predicted octanol–water partition coefficient (Wildman–Crippen LogP) is 3.82. The lowest BCUT2D eigenvalue weighted by atomic mass is 9.37. The second-order valence-corrected chi connectivity index (χ2v) is 13.4. The number of rotatable bonds is 5. The van der Waals surface area contributed by atoms with Gasteiger partial charge >= 0.3 is 17.9 Å². The number of ether oxygens (including phenoxy) is 3. The second kappa shape index (κ2) is 9.91. The van der Waals surface area contributed by atoms with Gasteiger partial charge in [-0.2, -0.15) is 0 Å². The summed E-state index contributed by atoms with van der Waals surface area (Å²) in [6, 6.07) is 1.75. The van der Waals surface area contributed by atoms with Gasteiger partial charge in [0.15, 0.2) is 17.5 Å². The van der Waals surface area contributed by atoms with Crippen molar-refractivity contribution in [3.8, 4) is 0 Å². The number of allylic oxidation sites excluding steroid dienone is 3. The predicted molar refractivity (Wildman–Crippen MR) is 147 cm³/mol. The molecule has 3 fully saturated rings. The molecule has 0 aromatic carbocycles. The fraction of sp³-hybridized carbons (Fsp3) is 0.625. The van der Waals surface area contributed by atoms with E-state index in [0.717, 1.165) is 7.11 Å². The Morgan fingerprint density at radius 2 is 1.86 bits per heavy atom. The summed E-state index contributed by atoms with van der Waals surface area (Å²) in [5, 5.41) is 23.9. The molecule has 4 aliphatic rings. The van der Waals surface area contributed by atoms with Gasteiger partial charge < -0.3 is 28.8 Å². The Morgan fingerprint density at radius 3 is 2.45 bits per heavy atom. The van der Waals surface area contributed by atoms with Crippen LogP contribution < -0.4 is 0 Å². The Hall–Kier alpha value is -3.24. The molecule has 1 aromatic heterocycles. The highest BCUT2D eigenvalue weighted by Crippen LogP contribution is 2.69. The first-order valence-electron chi connectivity index (χ1n) is 14.4. The van der Waals surface area contributed by atoms with E-state index in [9.17, 15) is 29.4 Å². The first-order valence-corrected chi connectivity index (χ1v) is 14.4. The molecule has 1 saturated heterocycles. The van der Waals surface area contributed by atoms with Crippen LogP contribution in [0.2, 0.25) is 0 Å². The molecule has 9 atom stereocenters. The van der Waals surface area contributed by atoms with Gasteiger partial charge in [0.2, 0.25) is 0 Å². The molecule has 2 saturated carbocycles. The van der Waals surface area contributed by atoms with Crippen molar-refractivity contribution in [1.82, 2.24) is 0 Å². The molecule has 42 heavy (non-hydrogen) atoms. The van der Waals surface area contributed by atoms with Crippen LogP contribution >= 0.6 is 0 Å².